The van der Waals surface area contributed by atoms with E-state index in [1.807, 2.05) is 0 Å². The molecule has 2 nitrogen and oxygen atoms in total. The van der Waals surface area contributed by atoms with E-state index in [9.17, 15) is 8.42 Å². The molecule has 0 rings (SSSR count). The van der Waals surface area contributed by atoms with Crippen molar-refractivity contribution in [2.75, 3.05) is 23.8 Å². The van der Waals surface area contributed by atoms with Crippen LogP contribution in [0.15, 0.2) is 0 Å². The Hall–Kier alpha value is 0.530. The van der Waals surface area contributed by atoms with Crippen LogP contribution in [-0.4, -0.2) is 32.2 Å². The third-order valence-corrected chi connectivity index (χ3v) is 3.18. The van der Waals surface area contributed by atoms with Crippen LogP contribution in [0, 0.1) is 5.92 Å². The van der Waals surface area contributed by atoms with Crippen LogP contribution in [0.4, 0.5) is 0 Å². The van der Waals surface area contributed by atoms with Crippen molar-refractivity contribution in [2.45, 2.75) is 6.42 Å². The summed E-state index contributed by atoms with van der Waals surface area (Å²) >= 11 is 11.0. The summed E-state index contributed by atoms with van der Waals surface area (Å²) in [7, 11) is -2.86. The molecule has 0 heterocycles. The molecule has 0 aromatic rings. The summed E-state index contributed by atoms with van der Waals surface area (Å²) in [5.41, 5.74) is 0. The Labute approximate surface area is 77.8 Å². The Morgan fingerprint density at radius 3 is 2.00 bits per heavy atom. The van der Waals surface area contributed by atoms with Gasteiger partial charge in [-0.1, -0.05) is 0 Å². The minimum absolute atomic E-state index is 0.119. The van der Waals surface area contributed by atoms with Gasteiger partial charge < -0.3 is 0 Å². The number of rotatable bonds is 5. The number of hydrogen-bond acceptors (Lipinski definition) is 2. The van der Waals surface area contributed by atoms with E-state index >= 15 is 0 Å². The summed E-state index contributed by atoms with van der Waals surface area (Å²) in [4.78, 5) is 0. The Balaban J connectivity index is 3.69. The Morgan fingerprint density at radius 1 is 1.27 bits per heavy atom. The second kappa shape index (κ2) is 5.22. The molecule has 0 N–H and O–H groups in total. The summed E-state index contributed by atoms with van der Waals surface area (Å²) in [5.74, 6) is 1.16. The molecule has 68 valence electrons. The van der Waals surface area contributed by atoms with Gasteiger partial charge in [-0.25, -0.2) is 8.42 Å². The lowest BCUT2D eigenvalue weighted by Crippen LogP contribution is -2.12. The van der Waals surface area contributed by atoms with Gasteiger partial charge in [0.15, 0.2) is 0 Å². The molecule has 0 bridgehead atoms. The molecule has 0 atom stereocenters. The fraction of sp³-hybridized carbons (Fsp3) is 1.00. The van der Waals surface area contributed by atoms with Crippen molar-refractivity contribution in [3.05, 3.63) is 0 Å². The average molecular weight is 219 g/mol. The highest BCUT2D eigenvalue weighted by Gasteiger charge is 2.09. The van der Waals surface area contributed by atoms with E-state index in [4.69, 9.17) is 23.2 Å². The molecule has 0 unspecified atom stereocenters. The van der Waals surface area contributed by atoms with Crippen LogP contribution in [0.2, 0.25) is 0 Å². The van der Waals surface area contributed by atoms with Crippen LogP contribution in [0.1, 0.15) is 6.42 Å². The van der Waals surface area contributed by atoms with Crippen molar-refractivity contribution < 1.29 is 8.42 Å². The van der Waals surface area contributed by atoms with Gasteiger partial charge in [-0.05, 0) is 12.3 Å². The molecule has 0 fully saturated rings. The van der Waals surface area contributed by atoms with Gasteiger partial charge in [-0.2, -0.15) is 0 Å². The Morgan fingerprint density at radius 2 is 1.73 bits per heavy atom. The molecule has 0 aromatic carbocycles. The SMILES string of the molecule is CS(=O)(=O)CCC(CCl)CCl. The molecule has 0 amide bonds. The van der Waals surface area contributed by atoms with E-state index in [1.165, 1.54) is 6.26 Å². The van der Waals surface area contributed by atoms with Crippen molar-refractivity contribution in [1.29, 1.82) is 0 Å². The van der Waals surface area contributed by atoms with E-state index in [2.05, 4.69) is 0 Å². The third kappa shape index (κ3) is 6.91. The van der Waals surface area contributed by atoms with E-state index in [0.717, 1.165) is 0 Å². The smallest absolute Gasteiger partial charge is 0.147 e. The van der Waals surface area contributed by atoms with Gasteiger partial charge in [0, 0.05) is 18.0 Å². The molecule has 0 spiro atoms. The molecule has 0 saturated carbocycles. The number of hydrogen-bond donors (Lipinski definition) is 0. The third-order valence-electron chi connectivity index (χ3n) is 1.33. The van der Waals surface area contributed by atoms with E-state index in [0.29, 0.717) is 18.2 Å². The van der Waals surface area contributed by atoms with Gasteiger partial charge in [-0.15, -0.1) is 23.2 Å². The quantitative estimate of drug-likeness (QED) is 0.657. The molecule has 11 heavy (non-hydrogen) atoms. The van der Waals surface area contributed by atoms with Gasteiger partial charge in [0.2, 0.25) is 0 Å². The Bertz CT molecular complexity index is 185. The lowest BCUT2D eigenvalue weighted by molar-refractivity contribution is 0.582. The van der Waals surface area contributed by atoms with Crippen LogP contribution in [0.3, 0.4) is 0 Å². The van der Waals surface area contributed by atoms with Crippen LogP contribution in [-0.2, 0) is 9.84 Å². The van der Waals surface area contributed by atoms with Gasteiger partial charge >= 0.3 is 0 Å². The second-order valence-corrected chi connectivity index (χ2v) is 5.47. The Kier molecular flexibility index (Phi) is 5.48. The fourth-order valence-electron chi connectivity index (χ4n) is 0.576. The molecule has 0 aliphatic heterocycles. The van der Waals surface area contributed by atoms with Crippen molar-refractivity contribution in [3.8, 4) is 0 Å². The predicted molar refractivity (Wildman–Crippen MR) is 49.3 cm³/mol. The standard InChI is InChI=1S/C6H12Cl2O2S/c1-11(9,10)3-2-6(4-7)5-8/h6H,2-5H2,1H3. The summed E-state index contributed by atoms with van der Waals surface area (Å²) in [6.07, 6.45) is 1.78. The van der Waals surface area contributed by atoms with Crippen LogP contribution >= 0.6 is 23.2 Å². The lowest BCUT2D eigenvalue weighted by Gasteiger charge is -2.07. The lowest BCUT2D eigenvalue weighted by atomic mass is 10.2. The summed E-state index contributed by atoms with van der Waals surface area (Å²) in [6.45, 7) is 0. The summed E-state index contributed by atoms with van der Waals surface area (Å²) in [6, 6.07) is 0. The minimum Gasteiger partial charge on any atom is -0.229 e. The van der Waals surface area contributed by atoms with Gasteiger partial charge in [0.1, 0.15) is 9.84 Å². The largest absolute Gasteiger partial charge is 0.229 e. The zero-order valence-corrected chi connectivity index (χ0v) is 8.71. The first-order valence-corrected chi connectivity index (χ1v) is 6.42. The van der Waals surface area contributed by atoms with E-state index in [1.54, 1.807) is 0 Å². The normalized spacial score (nSPS) is 12.4. The van der Waals surface area contributed by atoms with Crippen LogP contribution in [0.25, 0.3) is 0 Å². The van der Waals surface area contributed by atoms with Gasteiger partial charge in [0.05, 0.1) is 5.75 Å². The number of alkyl halides is 2. The molecule has 0 aromatic heterocycles. The van der Waals surface area contributed by atoms with Crippen molar-refractivity contribution in [3.63, 3.8) is 0 Å². The van der Waals surface area contributed by atoms with Crippen molar-refractivity contribution >= 4 is 33.0 Å². The topological polar surface area (TPSA) is 34.1 Å². The molecule has 0 saturated heterocycles. The molecular weight excluding hydrogens is 207 g/mol. The monoisotopic (exact) mass is 218 g/mol. The molecule has 0 aliphatic rings. The second-order valence-electron chi connectivity index (χ2n) is 2.59. The minimum atomic E-state index is -2.86. The zero-order chi connectivity index (χ0) is 8.91. The average Bonchev–Trinajstić information content (AvgIpc) is 1.88. The first kappa shape index (κ1) is 11.5. The molecular formula is C6H12Cl2O2S. The maximum Gasteiger partial charge on any atom is 0.147 e. The maximum atomic E-state index is 10.7. The highest BCUT2D eigenvalue weighted by atomic mass is 35.5. The number of sulfone groups is 1. The van der Waals surface area contributed by atoms with E-state index in [-0.39, 0.29) is 11.7 Å². The molecule has 5 heteroatoms. The number of halogens is 2. The molecule has 0 radical (unpaired) electrons. The highest BCUT2D eigenvalue weighted by Crippen LogP contribution is 2.08. The first-order valence-electron chi connectivity index (χ1n) is 3.29. The first-order chi connectivity index (χ1) is 4.99. The van der Waals surface area contributed by atoms with Crippen LogP contribution < -0.4 is 0 Å². The van der Waals surface area contributed by atoms with Crippen molar-refractivity contribution in [2.24, 2.45) is 5.92 Å². The van der Waals surface area contributed by atoms with Crippen LogP contribution in [0.5, 0.6) is 0 Å². The van der Waals surface area contributed by atoms with E-state index < -0.39 is 9.84 Å². The predicted octanol–water partition coefficient (Wildman–Crippen LogP) is 1.51. The zero-order valence-electron chi connectivity index (χ0n) is 6.39. The highest BCUT2D eigenvalue weighted by molar-refractivity contribution is 7.90. The van der Waals surface area contributed by atoms with Gasteiger partial charge in [-0.3, -0.25) is 0 Å². The summed E-state index contributed by atoms with van der Waals surface area (Å²) in [5, 5.41) is 0. The summed E-state index contributed by atoms with van der Waals surface area (Å²) < 4.78 is 21.4. The van der Waals surface area contributed by atoms with Gasteiger partial charge in [0.25, 0.3) is 0 Å². The molecule has 0 aliphatic carbocycles. The fourth-order valence-corrected chi connectivity index (χ4v) is 1.98. The maximum absolute atomic E-state index is 10.7. The van der Waals surface area contributed by atoms with Crippen molar-refractivity contribution in [1.82, 2.24) is 0 Å².